The Hall–Kier alpha value is -2.00. The molecule has 7 nitrogen and oxygen atoms in total. The van der Waals surface area contributed by atoms with E-state index in [1.165, 1.54) is 18.9 Å². The summed E-state index contributed by atoms with van der Waals surface area (Å²) in [6.07, 6.45) is 1.75. The van der Waals surface area contributed by atoms with Gasteiger partial charge in [0, 0.05) is 17.6 Å². The number of nitrogens with zero attached hydrogens (tertiary/aromatic N) is 2. The number of methoxy groups -OCH3 is 1. The summed E-state index contributed by atoms with van der Waals surface area (Å²) in [5.41, 5.74) is 0.717. The van der Waals surface area contributed by atoms with E-state index in [1.807, 2.05) is 13.8 Å². The van der Waals surface area contributed by atoms with Crippen molar-refractivity contribution in [3.05, 3.63) is 27.1 Å². The van der Waals surface area contributed by atoms with Crippen LogP contribution in [-0.4, -0.2) is 53.9 Å². The van der Waals surface area contributed by atoms with Crippen LogP contribution in [0, 0.1) is 0 Å². The fourth-order valence-electron chi connectivity index (χ4n) is 2.25. The second-order valence-corrected chi connectivity index (χ2v) is 6.99. The van der Waals surface area contributed by atoms with Gasteiger partial charge in [-0.2, -0.15) is 0 Å². The molecule has 1 aliphatic rings. The number of carboxylic acid groups (broad SMARTS) is 1. The number of hydrogen-bond donors (Lipinski definition) is 1. The van der Waals surface area contributed by atoms with Crippen LogP contribution in [0.4, 0.5) is 0 Å². The molecular weight excluding hydrogens is 424 g/mol. The summed E-state index contributed by atoms with van der Waals surface area (Å²) in [6.45, 7) is 4.51. The van der Waals surface area contributed by atoms with Gasteiger partial charge in [-0.15, -0.1) is 0 Å². The number of halogens is 1. The second-order valence-electron chi connectivity index (χ2n) is 5.12. The molecule has 1 aromatic carbocycles. The summed E-state index contributed by atoms with van der Waals surface area (Å²) in [5, 5.41) is 9.45. The summed E-state index contributed by atoms with van der Waals surface area (Å²) >= 11 is 4.76. The quantitative estimate of drug-likeness (QED) is 0.651. The van der Waals surface area contributed by atoms with Crippen LogP contribution >= 0.6 is 27.7 Å². The first-order valence-electron chi connectivity index (χ1n) is 7.89. The van der Waals surface area contributed by atoms with E-state index in [2.05, 4.69) is 20.9 Å². The molecule has 0 aromatic heterocycles. The number of benzene rings is 1. The van der Waals surface area contributed by atoms with Crippen molar-refractivity contribution in [3.63, 3.8) is 0 Å². The molecule has 1 N–H and O–H groups in total. The van der Waals surface area contributed by atoms with Gasteiger partial charge in [0.1, 0.15) is 0 Å². The first-order valence-corrected chi connectivity index (χ1v) is 9.50. The van der Waals surface area contributed by atoms with Crippen LogP contribution in [0.2, 0.25) is 0 Å². The van der Waals surface area contributed by atoms with Crippen LogP contribution in [0.3, 0.4) is 0 Å². The maximum absolute atomic E-state index is 12.6. The molecule has 0 bridgehead atoms. The van der Waals surface area contributed by atoms with Gasteiger partial charge in [-0.1, -0.05) is 15.9 Å². The largest absolute Gasteiger partial charge is 0.493 e. The molecule has 1 saturated heterocycles. The third-order valence-electron chi connectivity index (χ3n) is 3.42. The number of carboxylic acids is 1. The number of ether oxygens (including phenoxy) is 2. The number of rotatable bonds is 7. The number of hydrogen-bond acceptors (Lipinski definition) is 6. The highest BCUT2D eigenvalue weighted by Crippen LogP contribution is 2.38. The van der Waals surface area contributed by atoms with Crippen molar-refractivity contribution in [2.24, 2.45) is 4.99 Å². The number of carbonyl (C=O) groups excluding carboxylic acids is 1. The lowest BCUT2D eigenvalue weighted by atomic mass is 10.2. The van der Waals surface area contributed by atoms with Crippen LogP contribution in [0.5, 0.6) is 11.5 Å². The first-order chi connectivity index (χ1) is 12.4. The van der Waals surface area contributed by atoms with Crippen molar-refractivity contribution in [3.8, 4) is 11.5 Å². The summed E-state index contributed by atoms with van der Waals surface area (Å²) in [5.74, 6) is -0.490. The predicted octanol–water partition coefficient (Wildman–Crippen LogP) is 3.23. The van der Waals surface area contributed by atoms with Gasteiger partial charge >= 0.3 is 5.97 Å². The van der Waals surface area contributed by atoms with Gasteiger partial charge in [0.15, 0.2) is 23.3 Å². The van der Waals surface area contributed by atoms with Crippen molar-refractivity contribution in [2.75, 3.05) is 26.8 Å². The minimum Gasteiger partial charge on any atom is -0.493 e. The Bertz CT molecular complexity index is 779. The number of amidine groups is 1. The van der Waals surface area contributed by atoms with Gasteiger partial charge in [0.25, 0.3) is 5.91 Å². The molecule has 0 radical (unpaired) electrons. The van der Waals surface area contributed by atoms with Crippen molar-refractivity contribution in [1.82, 2.24) is 4.90 Å². The minimum atomic E-state index is -1.08. The SMILES string of the molecule is CCN=C1S/C(=C/c2cc(OC)c(OCC(=O)O)cc2Br)C(=O)N1CC. The number of aliphatic carboxylic acids is 1. The monoisotopic (exact) mass is 442 g/mol. The smallest absolute Gasteiger partial charge is 0.341 e. The van der Waals surface area contributed by atoms with E-state index >= 15 is 0 Å². The second kappa shape index (κ2) is 9.09. The number of thioether (sulfide) groups is 1. The van der Waals surface area contributed by atoms with Gasteiger partial charge in [-0.3, -0.25) is 14.7 Å². The van der Waals surface area contributed by atoms with E-state index in [1.54, 1.807) is 23.1 Å². The zero-order valence-corrected chi connectivity index (χ0v) is 17.0. The van der Waals surface area contributed by atoms with Gasteiger partial charge in [-0.05, 0) is 49.4 Å². The molecule has 1 fully saturated rings. The van der Waals surface area contributed by atoms with Gasteiger partial charge in [0.2, 0.25) is 0 Å². The molecule has 0 unspecified atom stereocenters. The number of amides is 1. The fourth-order valence-corrected chi connectivity index (χ4v) is 3.79. The lowest BCUT2D eigenvalue weighted by Crippen LogP contribution is -2.28. The molecule has 2 rings (SSSR count). The highest BCUT2D eigenvalue weighted by molar-refractivity contribution is 9.10. The zero-order chi connectivity index (χ0) is 19.3. The predicted molar refractivity (Wildman–Crippen MR) is 105 cm³/mol. The number of aliphatic imine (C=N–C) groups is 1. The maximum atomic E-state index is 12.6. The average Bonchev–Trinajstić information content (AvgIpc) is 2.89. The highest BCUT2D eigenvalue weighted by Gasteiger charge is 2.32. The van der Waals surface area contributed by atoms with Crippen LogP contribution in [0.1, 0.15) is 19.4 Å². The number of likely N-dealkylation sites (N-methyl/N-ethyl adjacent to an activating group) is 1. The Morgan fingerprint density at radius 2 is 2.12 bits per heavy atom. The molecule has 0 aliphatic carbocycles. The van der Waals surface area contributed by atoms with Crippen molar-refractivity contribution >= 4 is 50.8 Å². The van der Waals surface area contributed by atoms with E-state index in [4.69, 9.17) is 14.6 Å². The summed E-state index contributed by atoms with van der Waals surface area (Å²) in [4.78, 5) is 29.8. The van der Waals surface area contributed by atoms with Crippen molar-refractivity contribution in [1.29, 1.82) is 0 Å². The Labute approximate surface area is 164 Å². The van der Waals surface area contributed by atoms with Gasteiger partial charge in [0.05, 0.1) is 12.0 Å². The lowest BCUT2D eigenvalue weighted by molar-refractivity contribution is -0.139. The molecule has 0 atom stereocenters. The van der Waals surface area contributed by atoms with Crippen molar-refractivity contribution < 1.29 is 24.2 Å². The standard InChI is InChI=1S/C17H19BrN2O5S/c1-4-19-17-20(5-2)16(23)14(26-17)7-10-6-12(24-3)13(8-11(10)18)25-9-15(21)22/h6-8H,4-5,9H2,1-3H3,(H,21,22)/b14-7+,19-17?. The molecular formula is C17H19BrN2O5S. The molecule has 0 spiro atoms. The Morgan fingerprint density at radius 1 is 1.38 bits per heavy atom. The average molecular weight is 443 g/mol. The Kier molecular flexibility index (Phi) is 7.10. The van der Waals surface area contributed by atoms with Crippen LogP contribution < -0.4 is 9.47 Å². The molecule has 1 aliphatic heterocycles. The van der Waals surface area contributed by atoms with Crippen molar-refractivity contribution in [2.45, 2.75) is 13.8 Å². The van der Waals surface area contributed by atoms with E-state index in [0.29, 0.717) is 44.7 Å². The van der Waals surface area contributed by atoms with E-state index < -0.39 is 12.6 Å². The summed E-state index contributed by atoms with van der Waals surface area (Å²) < 4.78 is 11.2. The minimum absolute atomic E-state index is 0.0956. The maximum Gasteiger partial charge on any atom is 0.341 e. The summed E-state index contributed by atoms with van der Waals surface area (Å²) in [6, 6.07) is 3.31. The zero-order valence-electron chi connectivity index (χ0n) is 14.6. The highest BCUT2D eigenvalue weighted by atomic mass is 79.9. The van der Waals surface area contributed by atoms with Crippen LogP contribution in [0.25, 0.3) is 6.08 Å². The third-order valence-corrected chi connectivity index (χ3v) is 5.15. The Balaban J connectivity index is 2.37. The molecule has 140 valence electrons. The molecule has 0 saturated carbocycles. The molecule has 26 heavy (non-hydrogen) atoms. The topological polar surface area (TPSA) is 88.4 Å². The van der Waals surface area contributed by atoms with E-state index in [0.717, 1.165) is 0 Å². The molecule has 1 aromatic rings. The van der Waals surface area contributed by atoms with Crippen LogP contribution in [-0.2, 0) is 9.59 Å². The molecule has 1 amide bonds. The molecule has 9 heteroatoms. The third kappa shape index (κ3) is 4.59. The first kappa shape index (κ1) is 20.3. The van der Waals surface area contributed by atoms with E-state index in [9.17, 15) is 9.59 Å². The lowest BCUT2D eigenvalue weighted by Gasteiger charge is -2.12. The number of carbonyl (C=O) groups is 2. The molecule has 1 heterocycles. The van der Waals surface area contributed by atoms with Gasteiger partial charge in [-0.25, -0.2) is 4.79 Å². The van der Waals surface area contributed by atoms with Gasteiger partial charge < -0.3 is 14.6 Å². The normalized spacial score (nSPS) is 17.2. The Morgan fingerprint density at radius 3 is 2.69 bits per heavy atom. The van der Waals surface area contributed by atoms with E-state index in [-0.39, 0.29) is 5.91 Å². The fraction of sp³-hybridized carbons (Fsp3) is 0.353. The summed E-state index contributed by atoms with van der Waals surface area (Å²) in [7, 11) is 1.47. The van der Waals surface area contributed by atoms with Crippen LogP contribution in [0.15, 0.2) is 26.5 Å².